The minimum atomic E-state index is -0.499. The topological polar surface area (TPSA) is 69.0 Å². The van der Waals surface area contributed by atoms with E-state index in [2.05, 4.69) is 21.9 Å². The molecule has 1 N–H and O–H groups in total. The van der Waals surface area contributed by atoms with E-state index in [1.54, 1.807) is 7.11 Å². The smallest absolute Gasteiger partial charge is 0.161 e. The van der Waals surface area contributed by atoms with Gasteiger partial charge in [-0.2, -0.15) is 5.26 Å². The van der Waals surface area contributed by atoms with E-state index in [-0.39, 0.29) is 12.5 Å². The van der Waals surface area contributed by atoms with E-state index in [1.165, 1.54) is 12.8 Å². The first-order chi connectivity index (χ1) is 13.2. The highest BCUT2D eigenvalue weighted by atomic mass is 16.5. The maximum Gasteiger partial charge on any atom is 0.161 e. The van der Waals surface area contributed by atoms with Crippen LogP contribution in [0.15, 0.2) is 18.2 Å². The number of benzene rings is 1. The summed E-state index contributed by atoms with van der Waals surface area (Å²) < 4.78 is 11.3. The highest BCUT2D eigenvalue weighted by Gasteiger charge is 2.20. The van der Waals surface area contributed by atoms with E-state index in [1.807, 2.05) is 12.1 Å². The molecule has 2 heterocycles. The molecule has 2 aliphatic heterocycles. The van der Waals surface area contributed by atoms with Gasteiger partial charge in [0.15, 0.2) is 11.5 Å². The van der Waals surface area contributed by atoms with Crippen molar-refractivity contribution in [3.05, 3.63) is 23.8 Å². The summed E-state index contributed by atoms with van der Waals surface area (Å²) in [4.78, 5) is 4.66. The van der Waals surface area contributed by atoms with Crippen molar-refractivity contribution < 1.29 is 14.6 Å². The molecule has 1 atom stereocenters. The molecule has 0 radical (unpaired) electrons. The second-order valence-electron chi connectivity index (χ2n) is 7.64. The van der Waals surface area contributed by atoms with Crippen molar-refractivity contribution >= 4 is 0 Å². The van der Waals surface area contributed by atoms with Gasteiger partial charge in [-0.1, -0.05) is 6.07 Å². The van der Waals surface area contributed by atoms with Crippen LogP contribution in [-0.4, -0.2) is 67.5 Å². The number of aliphatic hydroxyl groups is 1. The number of aliphatic hydroxyl groups excluding tert-OH is 1. The minimum absolute atomic E-state index is 0.202. The van der Waals surface area contributed by atoms with Gasteiger partial charge in [0, 0.05) is 19.0 Å². The first kappa shape index (κ1) is 19.9. The third kappa shape index (κ3) is 5.83. The fourth-order valence-corrected chi connectivity index (χ4v) is 3.91. The van der Waals surface area contributed by atoms with Crippen LogP contribution in [0, 0.1) is 17.2 Å². The van der Waals surface area contributed by atoms with Crippen LogP contribution in [0.2, 0.25) is 0 Å². The zero-order chi connectivity index (χ0) is 19.1. The average molecular weight is 373 g/mol. The van der Waals surface area contributed by atoms with Gasteiger partial charge in [-0.3, -0.25) is 4.90 Å². The molecular weight excluding hydrogens is 342 g/mol. The second-order valence-corrected chi connectivity index (χ2v) is 7.64. The van der Waals surface area contributed by atoms with Crippen LogP contribution in [0.1, 0.15) is 31.2 Å². The summed E-state index contributed by atoms with van der Waals surface area (Å²) in [5.41, 5.74) is 1.16. The van der Waals surface area contributed by atoms with E-state index in [0.29, 0.717) is 18.0 Å². The Hall–Kier alpha value is -1.81. The Morgan fingerprint density at radius 2 is 1.89 bits per heavy atom. The van der Waals surface area contributed by atoms with E-state index in [4.69, 9.17) is 14.7 Å². The first-order valence-electron chi connectivity index (χ1n) is 10.00. The van der Waals surface area contributed by atoms with Crippen molar-refractivity contribution in [1.29, 1.82) is 5.26 Å². The number of nitrogens with zero attached hydrogens (tertiary/aromatic N) is 3. The molecule has 2 fully saturated rings. The minimum Gasteiger partial charge on any atom is -0.493 e. The van der Waals surface area contributed by atoms with Crippen molar-refractivity contribution in [2.45, 2.75) is 38.3 Å². The Bertz CT molecular complexity index is 632. The standard InChI is InChI=1S/C21H31N3O3/c1-26-20-5-4-18(14-24-10-6-17(13-22)7-11-24)12-21(20)27-16-19(25)15-23-8-2-3-9-23/h4-5,12,17,19,25H,2-3,6-11,14-16H2,1H3/t19-/m1/s1. The Morgan fingerprint density at radius 1 is 1.15 bits per heavy atom. The molecular formula is C21H31N3O3. The van der Waals surface area contributed by atoms with Gasteiger partial charge in [0.2, 0.25) is 0 Å². The maximum atomic E-state index is 10.3. The number of ether oxygens (including phenoxy) is 2. The molecule has 0 unspecified atom stereocenters. The maximum absolute atomic E-state index is 10.3. The van der Waals surface area contributed by atoms with Gasteiger partial charge in [-0.15, -0.1) is 0 Å². The van der Waals surface area contributed by atoms with Crippen LogP contribution >= 0.6 is 0 Å². The van der Waals surface area contributed by atoms with Crippen LogP contribution in [-0.2, 0) is 6.54 Å². The van der Waals surface area contributed by atoms with Crippen LogP contribution in [0.25, 0.3) is 0 Å². The van der Waals surface area contributed by atoms with Gasteiger partial charge in [-0.25, -0.2) is 0 Å². The molecule has 27 heavy (non-hydrogen) atoms. The van der Waals surface area contributed by atoms with Crippen LogP contribution in [0.3, 0.4) is 0 Å². The van der Waals surface area contributed by atoms with Gasteiger partial charge in [0.25, 0.3) is 0 Å². The van der Waals surface area contributed by atoms with E-state index >= 15 is 0 Å². The summed E-state index contributed by atoms with van der Waals surface area (Å²) in [6.07, 6.45) is 3.82. The van der Waals surface area contributed by atoms with Crippen LogP contribution < -0.4 is 9.47 Å². The highest BCUT2D eigenvalue weighted by molar-refractivity contribution is 5.43. The quantitative estimate of drug-likeness (QED) is 0.754. The lowest BCUT2D eigenvalue weighted by Crippen LogP contribution is -2.33. The summed E-state index contributed by atoms with van der Waals surface area (Å²) in [5.74, 6) is 1.57. The lowest BCUT2D eigenvalue weighted by molar-refractivity contribution is 0.0746. The Morgan fingerprint density at radius 3 is 2.56 bits per heavy atom. The molecule has 0 spiro atoms. The summed E-state index contributed by atoms with van der Waals surface area (Å²) in [7, 11) is 1.63. The molecule has 0 aromatic heterocycles. The number of hydrogen-bond acceptors (Lipinski definition) is 6. The predicted molar refractivity (Wildman–Crippen MR) is 104 cm³/mol. The second kappa shape index (κ2) is 9.93. The molecule has 6 heteroatoms. The summed E-state index contributed by atoms with van der Waals surface area (Å²) >= 11 is 0. The Balaban J connectivity index is 1.54. The number of β-amino-alcohol motifs (C(OH)–C–C–N with tert-alkyl or cyclic N) is 1. The highest BCUT2D eigenvalue weighted by Crippen LogP contribution is 2.29. The summed E-state index contributed by atoms with van der Waals surface area (Å²) in [5, 5.41) is 19.3. The van der Waals surface area contributed by atoms with Crippen molar-refractivity contribution in [3.63, 3.8) is 0 Å². The number of nitriles is 1. The van der Waals surface area contributed by atoms with Crippen molar-refractivity contribution in [3.8, 4) is 17.6 Å². The molecule has 1 aromatic carbocycles. The monoisotopic (exact) mass is 373 g/mol. The van der Waals surface area contributed by atoms with Crippen molar-refractivity contribution in [2.75, 3.05) is 46.4 Å². The van der Waals surface area contributed by atoms with Gasteiger partial charge in [0.1, 0.15) is 12.7 Å². The van der Waals surface area contributed by atoms with Gasteiger partial charge in [0.05, 0.1) is 13.2 Å². The summed E-state index contributed by atoms with van der Waals surface area (Å²) in [6, 6.07) is 8.38. The largest absolute Gasteiger partial charge is 0.493 e. The van der Waals surface area contributed by atoms with Gasteiger partial charge >= 0.3 is 0 Å². The average Bonchev–Trinajstić information content (AvgIpc) is 3.20. The lowest BCUT2D eigenvalue weighted by atomic mass is 9.98. The molecule has 6 nitrogen and oxygen atoms in total. The zero-order valence-electron chi connectivity index (χ0n) is 16.3. The molecule has 2 saturated heterocycles. The summed E-state index contributed by atoms with van der Waals surface area (Å²) in [6.45, 7) is 5.81. The van der Waals surface area contributed by atoms with Crippen LogP contribution in [0.5, 0.6) is 11.5 Å². The van der Waals surface area contributed by atoms with Gasteiger partial charge < -0.3 is 19.5 Å². The van der Waals surface area contributed by atoms with Gasteiger partial charge in [-0.05, 0) is 69.6 Å². The van der Waals surface area contributed by atoms with E-state index < -0.39 is 6.10 Å². The van der Waals surface area contributed by atoms with Crippen molar-refractivity contribution in [2.24, 2.45) is 5.92 Å². The predicted octanol–water partition coefficient (Wildman–Crippen LogP) is 2.27. The third-order valence-electron chi connectivity index (χ3n) is 5.50. The number of piperidine rings is 1. The third-order valence-corrected chi connectivity index (χ3v) is 5.50. The molecule has 2 aliphatic rings. The van der Waals surface area contributed by atoms with E-state index in [9.17, 15) is 5.11 Å². The molecule has 0 saturated carbocycles. The van der Waals surface area contributed by atoms with Crippen molar-refractivity contribution in [1.82, 2.24) is 9.80 Å². The van der Waals surface area contributed by atoms with E-state index in [0.717, 1.165) is 51.1 Å². The fourth-order valence-electron chi connectivity index (χ4n) is 3.91. The number of hydrogen-bond donors (Lipinski definition) is 1. The molecule has 148 valence electrons. The molecule has 3 rings (SSSR count). The molecule has 0 amide bonds. The number of rotatable bonds is 8. The normalized spacial score (nSPS) is 20.3. The zero-order valence-corrected chi connectivity index (χ0v) is 16.3. The Kier molecular flexibility index (Phi) is 7.33. The molecule has 0 aliphatic carbocycles. The Labute approximate surface area is 162 Å². The van der Waals surface area contributed by atoms with Crippen LogP contribution in [0.4, 0.5) is 0 Å². The molecule has 1 aromatic rings. The first-order valence-corrected chi connectivity index (χ1v) is 10.00. The SMILES string of the molecule is COc1ccc(CN2CCC(C#N)CC2)cc1OC[C@H](O)CN1CCCC1. The fraction of sp³-hybridized carbons (Fsp3) is 0.667. The molecule has 0 bridgehead atoms. The number of likely N-dealkylation sites (tertiary alicyclic amines) is 2. The lowest BCUT2D eigenvalue weighted by Gasteiger charge is -2.29. The number of methoxy groups -OCH3 is 1.